The molecule has 1 amide bonds. The monoisotopic (exact) mass is 413 g/mol. The molecule has 0 saturated carbocycles. The summed E-state index contributed by atoms with van der Waals surface area (Å²) in [6.07, 6.45) is 4.32. The maximum absolute atomic E-state index is 12.5. The van der Waals surface area contributed by atoms with Crippen LogP contribution in [-0.2, 0) is 15.8 Å². The highest BCUT2D eigenvalue weighted by Gasteiger charge is 2.25. The van der Waals surface area contributed by atoms with Gasteiger partial charge in [-0.25, -0.2) is 12.7 Å². The van der Waals surface area contributed by atoms with E-state index in [1.54, 1.807) is 28.6 Å². The first-order chi connectivity index (χ1) is 14.0. The predicted octanol–water partition coefficient (Wildman–Crippen LogP) is 3.46. The Labute approximate surface area is 172 Å². The number of rotatable bonds is 6. The van der Waals surface area contributed by atoms with Crippen LogP contribution in [0.15, 0.2) is 48.5 Å². The van der Waals surface area contributed by atoms with Crippen LogP contribution < -0.4 is 10.2 Å². The number of sulfonamides is 1. The highest BCUT2D eigenvalue weighted by Crippen LogP contribution is 2.22. The molecule has 29 heavy (non-hydrogen) atoms. The summed E-state index contributed by atoms with van der Waals surface area (Å²) in [6.45, 7) is 3.40. The molecule has 2 aromatic carbocycles. The van der Waals surface area contributed by atoms with Crippen molar-refractivity contribution in [2.75, 3.05) is 36.4 Å². The maximum Gasteiger partial charge on any atom is 0.255 e. The van der Waals surface area contributed by atoms with Crippen LogP contribution in [0.25, 0.3) is 0 Å². The van der Waals surface area contributed by atoms with E-state index in [9.17, 15) is 13.2 Å². The smallest absolute Gasteiger partial charge is 0.255 e. The van der Waals surface area contributed by atoms with Crippen molar-refractivity contribution in [1.82, 2.24) is 4.31 Å². The van der Waals surface area contributed by atoms with Gasteiger partial charge in [0.25, 0.3) is 5.91 Å². The van der Waals surface area contributed by atoms with Gasteiger partial charge in [0.1, 0.15) is 0 Å². The number of carbonyl (C=O) groups is 1. The number of nitrogens with one attached hydrogen (secondary N) is 1. The summed E-state index contributed by atoms with van der Waals surface area (Å²) in [5.41, 5.74) is 3.14. The van der Waals surface area contributed by atoms with Crippen LogP contribution in [0.3, 0.4) is 0 Å². The van der Waals surface area contributed by atoms with Crippen molar-refractivity contribution >= 4 is 27.3 Å². The van der Waals surface area contributed by atoms with Crippen LogP contribution >= 0.6 is 0 Å². The van der Waals surface area contributed by atoms with Crippen molar-refractivity contribution in [2.45, 2.75) is 31.4 Å². The lowest BCUT2D eigenvalue weighted by Crippen LogP contribution is -2.29. The van der Waals surface area contributed by atoms with Gasteiger partial charge in [-0.2, -0.15) is 0 Å². The molecule has 2 aliphatic heterocycles. The number of anilines is 2. The van der Waals surface area contributed by atoms with Crippen molar-refractivity contribution in [2.24, 2.45) is 0 Å². The standard InChI is InChI=1S/C22H27N3O3S/c26-22(23-20-9-11-21(12-10-20)24-13-1-2-14-24)19-7-5-18(6-8-19)17-29(27,28)25-15-3-4-16-25/h5-12H,1-4,13-17H2,(H,23,26). The van der Waals surface area contributed by atoms with Gasteiger partial charge in [0, 0.05) is 43.1 Å². The number of hydrogen-bond acceptors (Lipinski definition) is 4. The molecule has 7 heteroatoms. The topological polar surface area (TPSA) is 69.7 Å². The number of benzene rings is 2. The lowest BCUT2D eigenvalue weighted by molar-refractivity contribution is 0.102. The van der Waals surface area contributed by atoms with Crippen LogP contribution in [0, 0.1) is 0 Å². The van der Waals surface area contributed by atoms with E-state index in [0.717, 1.165) is 31.6 Å². The SMILES string of the molecule is O=C(Nc1ccc(N2CCCC2)cc1)c1ccc(CS(=O)(=O)N2CCCC2)cc1. The zero-order chi connectivity index (χ0) is 20.3. The summed E-state index contributed by atoms with van der Waals surface area (Å²) >= 11 is 0. The molecular weight excluding hydrogens is 386 g/mol. The number of nitrogens with zero attached hydrogens (tertiary/aromatic N) is 2. The van der Waals surface area contributed by atoms with Gasteiger partial charge in [-0.1, -0.05) is 12.1 Å². The average molecular weight is 414 g/mol. The molecule has 1 N–H and O–H groups in total. The van der Waals surface area contributed by atoms with Crippen LogP contribution in [0.2, 0.25) is 0 Å². The van der Waals surface area contributed by atoms with E-state index in [4.69, 9.17) is 0 Å². The summed E-state index contributed by atoms with van der Waals surface area (Å²) in [5.74, 6) is -0.222. The fourth-order valence-corrected chi connectivity index (χ4v) is 5.57. The summed E-state index contributed by atoms with van der Waals surface area (Å²) in [4.78, 5) is 14.9. The van der Waals surface area contributed by atoms with E-state index in [-0.39, 0.29) is 11.7 Å². The van der Waals surface area contributed by atoms with E-state index in [1.807, 2.05) is 24.3 Å². The van der Waals surface area contributed by atoms with Crippen molar-refractivity contribution < 1.29 is 13.2 Å². The van der Waals surface area contributed by atoms with Gasteiger partial charge in [-0.15, -0.1) is 0 Å². The molecule has 0 spiro atoms. The molecule has 0 aromatic heterocycles. The molecular formula is C22H27N3O3S. The lowest BCUT2D eigenvalue weighted by atomic mass is 10.1. The third-order valence-corrected chi connectivity index (χ3v) is 7.47. The summed E-state index contributed by atoms with van der Waals surface area (Å²) in [6, 6.07) is 14.7. The van der Waals surface area contributed by atoms with Crippen molar-refractivity contribution in [3.05, 3.63) is 59.7 Å². The predicted molar refractivity (Wildman–Crippen MR) is 116 cm³/mol. The van der Waals surface area contributed by atoms with Gasteiger partial charge >= 0.3 is 0 Å². The summed E-state index contributed by atoms with van der Waals surface area (Å²) in [7, 11) is -3.28. The van der Waals surface area contributed by atoms with Gasteiger partial charge in [0.05, 0.1) is 5.75 Å². The normalized spacial score (nSPS) is 17.6. The van der Waals surface area contributed by atoms with E-state index >= 15 is 0 Å². The Morgan fingerprint density at radius 1 is 0.828 bits per heavy atom. The first-order valence-corrected chi connectivity index (χ1v) is 11.9. The van der Waals surface area contributed by atoms with Crippen molar-refractivity contribution in [3.8, 4) is 0 Å². The molecule has 6 nitrogen and oxygen atoms in total. The van der Waals surface area contributed by atoms with Crippen molar-refractivity contribution in [3.63, 3.8) is 0 Å². The minimum atomic E-state index is -3.28. The minimum Gasteiger partial charge on any atom is -0.372 e. The van der Waals surface area contributed by atoms with E-state index < -0.39 is 10.0 Å². The Bertz CT molecular complexity index is 944. The Hall–Kier alpha value is -2.38. The molecule has 2 heterocycles. The minimum absolute atomic E-state index is 0.0210. The molecule has 0 bridgehead atoms. The molecule has 0 radical (unpaired) electrons. The van der Waals surface area contributed by atoms with E-state index in [2.05, 4.69) is 10.2 Å². The third-order valence-electron chi connectivity index (χ3n) is 5.62. The molecule has 154 valence electrons. The first-order valence-electron chi connectivity index (χ1n) is 10.2. The van der Waals surface area contributed by atoms with Crippen LogP contribution in [0.4, 0.5) is 11.4 Å². The largest absolute Gasteiger partial charge is 0.372 e. The van der Waals surface area contributed by atoms with Crippen LogP contribution in [-0.4, -0.2) is 44.8 Å². The molecule has 4 rings (SSSR count). The van der Waals surface area contributed by atoms with Crippen molar-refractivity contribution in [1.29, 1.82) is 0 Å². The quantitative estimate of drug-likeness (QED) is 0.787. The third kappa shape index (κ3) is 4.79. The van der Waals surface area contributed by atoms with Gasteiger partial charge in [-0.3, -0.25) is 4.79 Å². The van der Waals surface area contributed by atoms with E-state index in [1.165, 1.54) is 18.5 Å². The molecule has 0 atom stereocenters. The fourth-order valence-electron chi connectivity index (χ4n) is 3.95. The highest BCUT2D eigenvalue weighted by atomic mass is 32.2. The zero-order valence-electron chi connectivity index (χ0n) is 16.5. The molecule has 2 aliphatic rings. The Kier molecular flexibility index (Phi) is 5.87. The zero-order valence-corrected chi connectivity index (χ0v) is 17.3. The van der Waals surface area contributed by atoms with E-state index in [0.29, 0.717) is 24.2 Å². The maximum atomic E-state index is 12.5. The molecule has 2 saturated heterocycles. The average Bonchev–Trinajstić information content (AvgIpc) is 3.43. The second kappa shape index (κ2) is 8.55. The first kappa shape index (κ1) is 19.9. The Morgan fingerprint density at radius 3 is 2.03 bits per heavy atom. The van der Waals surface area contributed by atoms with Gasteiger partial charge in [0.15, 0.2) is 0 Å². The number of hydrogen-bond donors (Lipinski definition) is 1. The highest BCUT2D eigenvalue weighted by molar-refractivity contribution is 7.88. The number of carbonyl (C=O) groups excluding carboxylic acids is 1. The molecule has 0 aliphatic carbocycles. The molecule has 2 fully saturated rings. The van der Waals surface area contributed by atoms with Gasteiger partial charge in [0.2, 0.25) is 10.0 Å². The van der Waals surface area contributed by atoms with Crippen LogP contribution in [0.5, 0.6) is 0 Å². The summed E-state index contributed by atoms with van der Waals surface area (Å²) < 4.78 is 26.4. The Balaban J connectivity index is 1.36. The van der Waals surface area contributed by atoms with Crippen LogP contribution in [0.1, 0.15) is 41.6 Å². The number of amides is 1. The van der Waals surface area contributed by atoms with Gasteiger partial charge < -0.3 is 10.2 Å². The van der Waals surface area contributed by atoms with Gasteiger partial charge in [-0.05, 0) is 67.6 Å². The molecule has 2 aromatic rings. The second-order valence-corrected chi connectivity index (χ2v) is 9.72. The second-order valence-electron chi connectivity index (χ2n) is 7.75. The Morgan fingerprint density at radius 2 is 1.41 bits per heavy atom. The lowest BCUT2D eigenvalue weighted by Gasteiger charge is -2.17. The summed E-state index contributed by atoms with van der Waals surface area (Å²) in [5, 5.41) is 2.90. The fraction of sp³-hybridized carbons (Fsp3) is 0.409. The molecule has 0 unspecified atom stereocenters.